The van der Waals surface area contributed by atoms with E-state index in [1.54, 1.807) is 6.20 Å². The summed E-state index contributed by atoms with van der Waals surface area (Å²) in [5, 5.41) is 10.2. The first-order valence-electron chi connectivity index (χ1n) is 6.97. The highest BCUT2D eigenvalue weighted by atomic mass is 79.9. The number of nitrogens with zero attached hydrogens (tertiary/aromatic N) is 1. The number of rotatable bonds is 4. The Balaban J connectivity index is 1.83. The molecule has 1 aromatic heterocycles. The van der Waals surface area contributed by atoms with Gasteiger partial charge in [0, 0.05) is 10.7 Å². The van der Waals surface area contributed by atoms with Gasteiger partial charge < -0.3 is 9.84 Å². The number of hydrogen-bond donors (Lipinski definition) is 1. The summed E-state index contributed by atoms with van der Waals surface area (Å²) in [6, 6.07) is 3.73. The van der Waals surface area contributed by atoms with Crippen LogP contribution in [0.2, 0.25) is 0 Å². The van der Waals surface area contributed by atoms with Gasteiger partial charge in [0.1, 0.15) is 0 Å². The molecule has 1 heterocycles. The number of aliphatic hydroxyl groups is 1. The molecule has 0 radical (unpaired) electrons. The number of aliphatic hydroxyl groups excluding tert-OH is 1. The summed E-state index contributed by atoms with van der Waals surface area (Å²) in [4.78, 5) is 15.7. The van der Waals surface area contributed by atoms with E-state index in [1.165, 1.54) is 7.11 Å². The van der Waals surface area contributed by atoms with E-state index in [2.05, 4.69) is 20.9 Å². The van der Waals surface area contributed by atoms with Gasteiger partial charge in [-0.2, -0.15) is 0 Å². The van der Waals surface area contributed by atoms with E-state index in [1.807, 2.05) is 12.1 Å². The summed E-state index contributed by atoms with van der Waals surface area (Å²) in [5.74, 6) is 0.397. The molecule has 1 N–H and O–H groups in total. The van der Waals surface area contributed by atoms with E-state index in [4.69, 9.17) is 4.74 Å². The predicted octanol–water partition coefficient (Wildman–Crippen LogP) is 3.25. The molecular formula is C15H20BrNO3. The van der Waals surface area contributed by atoms with Gasteiger partial charge in [-0.05, 0) is 66.1 Å². The topological polar surface area (TPSA) is 59.4 Å². The van der Waals surface area contributed by atoms with Crippen LogP contribution in [0.1, 0.15) is 43.9 Å². The van der Waals surface area contributed by atoms with Crippen LogP contribution >= 0.6 is 15.9 Å². The molecule has 1 atom stereocenters. The van der Waals surface area contributed by atoms with Crippen LogP contribution in [-0.4, -0.2) is 23.2 Å². The van der Waals surface area contributed by atoms with Crippen molar-refractivity contribution in [2.75, 3.05) is 7.11 Å². The summed E-state index contributed by atoms with van der Waals surface area (Å²) in [5.41, 5.74) is 0.711. The van der Waals surface area contributed by atoms with Crippen LogP contribution in [0.4, 0.5) is 0 Å². The van der Waals surface area contributed by atoms with E-state index in [-0.39, 0.29) is 11.9 Å². The Hall–Kier alpha value is -0.940. The molecule has 0 spiro atoms. The number of halogens is 1. The predicted molar refractivity (Wildman–Crippen MR) is 79.0 cm³/mol. The fraction of sp³-hybridized carbons (Fsp3) is 0.600. The summed E-state index contributed by atoms with van der Waals surface area (Å²) in [6.07, 6.45) is 5.54. The Morgan fingerprint density at radius 2 is 2.15 bits per heavy atom. The normalized spacial score (nSPS) is 24.1. The zero-order valence-electron chi connectivity index (χ0n) is 11.6. The Morgan fingerprint density at radius 1 is 1.45 bits per heavy atom. The van der Waals surface area contributed by atoms with Crippen molar-refractivity contribution in [1.29, 1.82) is 0 Å². The lowest BCUT2D eigenvalue weighted by Crippen LogP contribution is -2.23. The van der Waals surface area contributed by atoms with Crippen molar-refractivity contribution in [3.8, 4) is 0 Å². The summed E-state index contributed by atoms with van der Waals surface area (Å²) in [6.45, 7) is 0. The van der Waals surface area contributed by atoms with Gasteiger partial charge in [0.25, 0.3) is 0 Å². The Bertz CT molecular complexity index is 441. The molecule has 0 aliphatic heterocycles. The largest absolute Gasteiger partial charge is 0.469 e. The zero-order chi connectivity index (χ0) is 14.5. The zero-order valence-corrected chi connectivity index (χ0v) is 13.2. The van der Waals surface area contributed by atoms with Gasteiger partial charge in [0.2, 0.25) is 0 Å². The molecule has 0 bridgehead atoms. The molecule has 0 amide bonds. The standard InChI is InChI=1S/C15H20BrNO3/c1-20-15(19)11-4-2-10(3-5-11)8-14(18)13-7-6-12(16)9-17-13/h6-7,9-11,14,18H,2-5,8H2,1H3. The van der Waals surface area contributed by atoms with Crippen molar-refractivity contribution in [1.82, 2.24) is 4.98 Å². The minimum atomic E-state index is -0.525. The van der Waals surface area contributed by atoms with Crippen molar-refractivity contribution in [3.63, 3.8) is 0 Å². The average molecular weight is 342 g/mol. The van der Waals surface area contributed by atoms with E-state index < -0.39 is 6.10 Å². The first-order chi connectivity index (χ1) is 9.60. The molecular weight excluding hydrogens is 322 g/mol. The molecule has 110 valence electrons. The minimum absolute atomic E-state index is 0.0409. The maximum Gasteiger partial charge on any atom is 0.308 e. The second-order valence-corrected chi connectivity index (χ2v) is 6.31. The van der Waals surface area contributed by atoms with Gasteiger partial charge in [-0.15, -0.1) is 0 Å². The van der Waals surface area contributed by atoms with E-state index >= 15 is 0 Å². The Kier molecular flexibility index (Phi) is 5.54. The summed E-state index contributed by atoms with van der Waals surface area (Å²) in [7, 11) is 1.44. The molecule has 1 aliphatic carbocycles. The molecule has 2 rings (SSSR count). The van der Waals surface area contributed by atoms with Crippen molar-refractivity contribution in [3.05, 3.63) is 28.5 Å². The van der Waals surface area contributed by atoms with Gasteiger partial charge in [0.15, 0.2) is 0 Å². The highest BCUT2D eigenvalue weighted by Crippen LogP contribution is 2.34. The van der Waals surface area contributed by atoms with Crippen LogP contribution < -0.4 is 0 Å². The van der Waals surface area contributed by atoms with Crippen LogP contribution in [0.5, 0.6) is 0 Å². The Labute approximate surface area is 127 Å². The molecule has 0 saturated heterocycles. The highest BCUT2D eigenvalue weighted by molar-refractivity contribution is 9.10. The van der Waals surface area contributed by atoms with Crippen LogP contribution in [0.15, 0.2) is 22.8 Å². The van der Waals surface area contributed by atoms with E-state index in [0.717, 1.165) is 30.2 Å². The number of carbonyl (C=O) groups excluding carboxylic acids is 1. The molecule has 20 heavy (non-hydrogen) atoms. The fourth-order valence-electron chi connectivity index (χ4n) is 2.82. The van der Waals surface area contributed by atoms with Gasteiger partial charge in [-0.3, -0.25) is 9.78 Å². The smallest absolute Gasteiger partial charge is 0.308 e. The summed E-state index contributed by atoms with van der Waals surface area (Å²) >= 11 is 3.33. The Morgan fingerprint density at radius 3 is 2.70 bits per heavy atom. The van der Waals surface area contributed by atoms with Crippen LogP contribution in [0.25, 0.3) is 0 Å². The second-order valence-electron chi connectivity index (χ2n) is 5.39. The second kappa shape index (κ2) is 7.18. The quantitative estimate of drug-likeness (QED) is 0.854. The lowest BCUT2D eigenvalue weighted by molar-refractivity contribution is -0.146. The third-order valence-electron chi connectivity index (χ3n) is 4.03. The molecule has 5 heteroatoms. The fourth-order valence-corrected chi connectivity index (χ4v) is 3.06. The molecule has 1 saturated carbocycles. The van der Waals surface area contributed by atoms with Crippen molar-refractivity contribution in [2.45, 2.75) is 38.2 Å². The SMILES string of the molecule is COC(=O)C1CCC(CC(O)c2ccc(Br)cn2)CC1. The van der Waals surface area contributed by atoms with Gasteiger partial charge in [-0.1, -0.05) is 0 Å². The average Bonchev–Trinajstić information content (AvgIpc) is 2.48. The molecule has 1 fully saturated rings. The first kappa shape index (κ1) is 15.4. The lowest BCUT2D eigenvalue weighted by atomic mass is 9.79. The number of carbonyl (C=O) groups is 1. The molecule has 4 nitrogen and oxygen atoms in total. The monoisotopic (exact) mass is 341 g/mol. The highest BCUT2D eigenvalue weighted by Gasteiger charge is 2.28. The van der Waals surface area contributed by atoms with Crippen molar-refractivity contribution in [2.24, 2.45) is 11.8 Å². The van der Waals surface area contributed by atoms with Crippen molar-refractivity contribution < 1.29 is 14.6 Å². The van der Waals surface area contributed by atoms with Gasteiger partial charge >= 0.3 is 5.97 Å². The maximum absolute atomic E-state index is 11.5. The number of pyridine rings is 1. The molecule has 1 aromatic rings. The number of hydrogen-bond acceptors (Lipinski definition) is 4. The van der Waals surface area contributed by atoms with Crippen molar-refractivity contribution >= 4 is 21.9 Å². The third kappa shape index (κ3) is 4.03. The molecule has 1 aliphatic rings. The number of methoxy groups -OCH3 is 1. The van der Waals surface area contributed by atoms with E-state index in [0.29, 0.717) is 18.0 Å². The maximum atomic E-state index is 11.5. The summed E-state index contributed by atoms with van der Waals surface area (Å²) < 4.78 is 5.69. The molecule has 1 unspecified atom stereocenters. The van der Waals surface area contributed by atoms with Crippen LogP contribution in [0.3, 0.4) is 0 Å². The van der Waals surface area contributed by atoms with Crippen LogP contribution in [0, 0.1) is 11.8 Å². The number of esters is 1. The van der Waals surface area contributed by atoms with Gasteiger partial charge in [0.05, 0.1) is 24.8 Å². The van der Waals surface area contributed by atoms with Gasteiger partial charge in [-0.25, -0.2) is 0 Å². The number of aromatic nitrogens is 1. The minimum Gasteiger partial charge on any atom is -0.469 e. The molecule has 0 aromatic carbocycles. The third-order valence-corrected chi connectivity index (χ3v) is 4.50. The lowest BCUT2D eigenvalue weighted by Gasteiger charge is -2.28. The van der Waals surface area contributed by atoms with Crippen LogP contribution in [-0.2, 0) is 9.53 Å². The number of ether oxygens (including phenoxy) is 1. The van der Waals surface area contributed by atoms with E-state index in [9.17, 15) is 9.90 Å². The first-order valence-corrected chi connectivity index (χ1v) is 7.76.